The van der Waals surface area contributed by atoms with Gasteiger partial charge in [-0.05, 0) is 49.4 Å². The summed E-state index contributed by atoms with van der Waals surface area (Å²) in [6, 6.07) is 4.30. The highest BCUT2D eigenvalue weighted by Gasteiger charge is 2.33. The summed E-state index contributed by atoms with van der Waals surface area (Å²) in [7, 11) is 0. The third-order valence-electron chi connectivity index (χ3n) is 5.41. The average molecular weight is 301 g/mol. The first-order valence-electron chi connectivity index (χ1n) is 8.47. The summed E-state index contributed by atoms with van der Waals surface area (Å²) >= 11 is 0. The maximum atomic E-state index is 12.9. The summed E-state index contributed by atoms with van der Waals surface area (Å²) in [5.74, 6) is 2.26. The van der Waals surface area contributed by atoms with Crippen LogP contribution in [0.15, 0.2) is 12.1 Å². The van der Waals surface area contributed by atoms with E-state index in [1.807, 2.05) is 0 Å². The SMILES string of the molecule is CC1c2cc3c(cc2CCN1C(=O)C1CCCCC1)OCO3. The van der Waals surface area contributed by atoms with Crippen LogP contribution in [-0.2, 0) is 11.2 Å². The van der Waals surface area contributed by atoms with Gasteiger partial charge in [-0.3, -0.25) is 4.79 Å². The highest BCUT2D eigenvalue weighted by molar-refractivity contribution is 5.80. The minimum atomic E-state index is 0.132. The number of carbonyl (C=O) groups excluding carboxylic acids is 1. The molecule has 0 spiro atoms. The Hall–Kier alpha value is -1.71. The molecule has 3 aliphatic rings. The second kappa shape index (κ2) is 5.49. The molecule has 1 aromatic carbocycles. The zero-order valence-corrected chi connectivity index (χ0v) is 13.1. The van der Waals surface area contributed by atoms with E-state index >= 15 is 0 Å². The van der Waals surface area contributed by atoms with Gasteiger partial charge in [0.05, 0.1) is 6.04 Å². The van der Waals surface area contributed by atoms with E-state index in [1.165, 1.54) is 30.4 Å². The van der Waals surface area contributed by atoms with Crippen LogP contribution < -0.4 is 9.47 Å². The summed E-state index contributed by atoms with van der Waals surface area (Å²) in [5, 5.41) is 0. The maximum absolute atomic E-state index is 12.9. The highest BCUT2D eigenvalue weighted by atomic mass is 16.7. The molecule has 0 bridgehead atoms. The van der Waals surface area contributed by atoms with Crippen LogP contribution in [-0.4, -0.2) is 24.1 Å². The normalized spacial score (nSPS) is 24.2. The lowest BCUT2D eigenvalue weighted by Crippen LogP contribution is -2.42. The van der Waals surface area contributed by atoms with E-state index in [4.69, 9.17) is 9.47 Å². The highest BCUT2D eigenvalue weighted by Crippen LogP contribution is 2.41. The third kappa shape index (κ3) is 2.25. The number of carbonyl (C=O) groups is 1. The van der Waals surface area contributed by atoms with Gasteiger partial charge in [0.1, 0.15) is 0 Å². The van der Waals surface area contributed by atoms with Gasteiger partial charge in [0, 0.05) is 12.5 Å². The van der Waals surface area contributed by atoms with Crippen LogP contribution in [0.4, 0.5) is 0 Å². The fourth-order valence-electron chi connectivity index (χ4n) is 4.09. The number of rotatable bonds is 1. The van der Waals surface area contributed by atoms with Gasteiger partial charge in [-0.25, -0.2) is 0 Å². The molecule has 1 amide bonds. The largest absolute Gasteiger partial charge is 0.454 e. The van der Waals surface area contributed by atoms with Gasteiger partial charge in [0.25, 0.3) is 0 Å². The van der Waals surface area contributed by atoms with Crippen LogP contribution in [0.3, 0.4) is 0 Å². The van der Waals surface area contributed by atoms with Crippen LogP contribution in [0, 0.1) is 5.92 Å². The summed E-state index contributed by atoms with van der Waals surface area (Å²) in [6.45, 7) is 3.27. The van der Waals surface area contributed by atoms with E-state index in [2.05, 4.69) is 24.0 Å². The Labute approximate surface area is 131 Å². The molecule has 1 saturated carbocycles. The predicted molar refractivity (Wildman–Crippen MR) is 83.0 cm³/mol. The quantitative estimate of drug-likeness (QED) is 0.797. The molecule has 22 heavy (non-hydrogen) atoms. The van der Waals surface area contributed by atoms with Crippen LogP contribution in [0.1, 0.15) is 56.2 Å². The minimum Gasteiger partial charge on any atom is -0.454 e. The number of hydrogen-bond donors (Lipinski definition) is 0. The van der Waals surface area contributed by atoms with E-state index in [9.17, 15) is 4.79 Å². The maximum Gasteiger partial charge on any atom is 0.231 e. The van der Waals surface area contributed by atoms with Gasteiger partial charge in [0.2, 0.25) is 12.7 Å². The van der Waals surface area contributed by atoms with Crippen molar-refractivity contribution in [3.05, 3.63) is 23.3 Å². The molecule has 0 aromatic heterocycles. The molecule has 0 radical (unpaired) electrons. The third-order valence-corrected chi connectivity index (χ3v) is 5.41. The Kier molecular flexibility index (Phi) is 3.47. The first-order valence-corrected chi connectivity index (χ1v) is 8.47. The van der Waals surface area contributed by atoms with Crippen molar-refractivity contribution in [3.8, 4) is 11.5 Å². The molecule has 0 N–H and O–H groups in total. The van der Waals surface area contributed by atoms with Crippen molar-refractivity contribution in [1.82, 2.24) is 4.90 Å². The first kappa shape index (κ1) is 13.9. The van der Waals surface area contributed by atoms with E-state index in [0.29, 0.717) is 12.7 Å². The molecule has 4 heteroatoms. The Balaban J connectivity index is 1.58. The van der Waals surface area contributed by atoms with Crippen molar-refractivity contribution in [3.63, 3.8) is 0 Å². The van der Waals surface area contributed by atoms with Crippen molar-refractivity contribution in [2.75, 3.05) is 13.3 Å². The van der Waals surface area contributed by atoms with Gasteiger partial charge in [-0.15, -0.1) is 0 Å². The molecule has 2 heterocycles. The first-order chi connectivity index (χ1) is 10.7. The van der Waals surface area contributed by atoms with Gasteiger partial charge >= 0.3 is 0 Å². The van der Waals surface area contributed by atoms with Gasteiger partial charge < -0.3 is 14.4 Å². The van der Waals surface area contributed by atoms with Crippen molar-refractivity contribution in [2.45, 2.75) is 51.5 Å². The zero-order chi connectivity index (χ0) is 15.1. The second-order valence-corrected chi connectivity index (χ2v) is 6.70. The molecule has 0 saturated heterocycles. The Morgan fingerprint density at radius 2 is 1.86 bits per heavy atom. The Bertz CT molecular complexity index is 592. The average Bonchev–Trinajstić information content (AvgIpc) is 3.01. The number of hydrogen-bond acceptors (Lipinski definition) is 3. The minimum absolute atomic E-state index is 0.132. The number of ether oxygens (including phenoxy) is 2. The molecule has 1 aromatic rings. The Morgan fingerprint density at radius 3 is 2.64 bits per heavy atom. The molecule has 1 aliphatic carbocycles. The molecule has 1 fully saturated rings. The van der Waals surface area contributed by atoms with E-state index in [1.54, 1.807) is 0 Å². The standard InChI is InChI=1S/C18H23NO3/c1-12-15-10-17-16(21-11-22-17)9-14(15)7-8-19(12)18(20)13-5-3-2-4-6-13/h9-10,12-13H,2-8,11H2,1H3. The summed E-state index contributed by atoms with van der Waals surface area (Å²) in [6.07, 6.45) is 6.73. The fraction of sp³-hybridized carbons (Fsp3) is 0.611. The number of nitrogens with zero attached hydrogens (tertiary/aromatic N) is 1. The van der Waals surface area contributed by atoms with Crippen LogP contribution in [0.2, 0.25) is 0 Å². The zero-order valence-electron chi connectivity index (χ0n) is 13.1. The monoisotopic (exact) mass is 301 g/mol. The van der Waals surface area contributed by atoms with Crippen molar-refractivity contribution >= 4 is 5.91 Å². The smallest absolute Gasteiger partial charge is 0.231 e. The van der Waals surface area contributed by atoms with Crippen LogP contribution in [0.25, 0.3) is 0 Å². The number of fused-ring (bicyclic) bond motifs is 2. The van der Waals surface area contributed by atoms with E-state index < -0.39 is 0 Å². The van der Waals surface area contributed by atoms with Crippen molar-refractivity contribution < 1.29 is 14.3 Å². The fourth-order valence-corrected chi connectivity index (χ4v) is 4.09. The molecule has 2 aliphatic heterocycles. The molecule has 4 rings (SSSR count). The lowest BCUT2D eigenvalue weighted by Gasteiger charge is -2.38. The van der Waals surface area contributed by atoms with Crippen molar-refractivity contribution in [2.24, 2.45) is 5.92 Å². The summed E-state index contributed by atoms with van der Waals surface area (Å²) < 4.78 is 11.0. The van der Waals surface area contributed by atoms with Gasteiger partial charge in [-0.2, -0.15) is 0 Å². The lowest BCUT2D eigenvalue weighted by molar-refractivity contribution is -0.139. The van der Waals surface area contributed by atoms with E-state index in [0.717, 1.165) is 37.3 Å². The van der Waals surface area contributed by atoms with Crippen LogP contribution in [0.5, 0.6) is 11.5 Å². The molecular formula is C18H23NO3. The summed E-state index contributed by atoms with van der Waals surface area (Å²) in [4.78, 5) is 15.0. The van der Waals surface area contributed by atoms with Gasteiger partial charge in [0.15, 0.2) is 11.5 Å². The molecule has 4 nitrogen and oxygen atoms in total. The number of benzene rings is 1. The molecule has 1 atom stereocenters. The second-order valence-electron chi connectivity index (χ2n) is 6.70. The number of amides is 1. The van der Waals surface area contributed by atoms with Crippen molar-refractivity contribution in [1.29, 1.82) is 0 Å². The lowest BCUT2D eigenvalue weighted by atomic mass is 9.86. The topological polar surface area (TPSA) is 38.8 Å². The predicted octanol–water partition coefficient (Wildman–Crippen LogP) is 3.44. The molecule has 1 unspecified atom stereocenters. The van der Waals surface area contributed by atoms with Gasteiger partial charge in [-0.1, -0.05) is 19.3 Å². The molecular weight excluding hydrogens is 278 g/mol. The Morgan fingerprint density at radius 1 is 1.14 bits per heavy atom. The molecule has 118 valence electrons. The van der Waals surface area contributed by atoms with Crippen LogP contribution >= 0.6 is 0 Å². The van der Waals surface area contributed by atoms with E-state index in [-0.39, 0.29) is 12.0 Å². The summed E-state index contributed by atoms with van der Waals surface area (Å²) in [5.41, 5.74) is 2.52.